The maximum atomic E-state index is 8.47. The lowest BCUT2D eigenvalue weighted by Gasteiger charge is -1.98. The van der Waals surface area contributed by atoms with E-state index in [4.69, 9.17) is 15.7 Å². The van der Waals surface area contributed by atoms with Gasteiger partial charge in [-0.05, 0) is 24.4 Å². The maximum absolute atomic E-state index is 8.47. The molecule has 0 radical (unpaired) electrons. The van der Waals surface area contributed by atoms with Gasteiger partial charge in [-0.1, -0.05) is 10.3 Å². The minimum Gasteiger partial charge on any atom is -0.409 e. The molecule has 0 amide bonds. The van der Waals surface area contributed by atoms with Crippen LogP contribution in [0.15, 0.2) is 9.78 Å². The number of oxime groups is 1. The number of hydrogen-bond donors (Lipinski definition) is 2. The minimum absolute atomic E-state index is 0.0852. The number of methoxy groups -OCH3 is 1. The zero-order chi connectivity index (χ0) is 11.1. The van der Waals surface area contributed by atoms with Gasteiger partial charge in [0, 0.05) is 13.7 Å². The van der Waals surface area contributed by atoms with E-state index in [0.29, 0.717) is 24.4 Å². The number of hydrogen-bond acceptors (Lipinski definition) is 6. The van der Waals surface area contributed by atoms with E-state index < -0.39 is 0 Å². The zero-order valence-corrected chi connectivity index (χ0v) is 8.51. The van der Waals surface area contributed by atoms with Crippen LogP contribution < -0.4 is 5.73 Å². The van der Waals surface area contributed by atoms with Crippen molar-refractivity contribution in [2.24, 2.45) is 10.9 Å². The van der Waals surface area contributed by atoms with Gasteiger partial charge >= 0.3 is 0 Å². The van der Waals surface area contributed by atoms with E-state index in [1.807, 2.05) is 0 Å². The van der Waals surface area contributed by atoms with Crippen LogP contribution in [-0.4, -0.2) is 35.1 Å². The summed E-state index contributed by atoms with van der Waals surface area (Å²) in [6.45, 7) is 0.699. The summed E-state index contributed by atoms with van der Waals surface area (Å²) in [6.07, 6.45) is 2.46. The van der Waals surface area contributed by atoms with Gasteiger partial charge in [0.1, 0.15) is 5.69 Å². The van der Waals surface area contributed by atoms with Gasteiger partial charge in [-0.2, -0.15) is 0 Å². The molecule has 0 aliphatic rings. The summed E-state index contributed by atoms with van der Waals surface area (Å²) < 4.78 is 9.43. The fourth-order valence-electron chi connectivity index (χ4n) is 1.15. The SMILES string of the molecule is COCCCCc1nonc1/C(N)=N/O. The molecule has 1 heterocycles. The molecule has 0 aromatic carbocycles. The van der Waals surface area contributed by atoms with Gasteiger partial charge in [-0.15, -0.1) is 0 Å². The second kappa shape index (κ2) is 5.97. The lowest BCUT2D eigenvalue weighted by molar-refractivity contribution is 0.192. The van der Waals surface area contributed by atoms with E-state index in [1.54, 1.807) is 7.11 Å². The summed E-state index contributed by atoms with van der Waals surface area (Å²) in [4.78, 5) is 0. The number of nitrogens with two attached hydrogens (primary N) is 1. The maximum Gasteiger partial charge on any atom is 0.194 e. The molecule has 0 spiro atoms. The molecule has 15 heavy (non-hydrogen) atoms. The van der Waals surface area contributed by atoms with Gasteiger partial charge in [0.25, 0.3) is 0 Å². The van der Waals surface area contributed by atoms with Crippen LogP contribution in [0.1, 0.15) is 24.2 Å². The van der Waals surface area contributed by atoms with Crippen LogP contribution in [0, 0.1) is 0 Å². The molecule has 0 saturated carbocycles. The molecule has 3 N–H and O–H groups in total. The van der Waals surface area contributed by atoms with Gasteiger partial charge in [0.15, 0.2) is 11.5 Å². The molecule has 0 fully saturated rings. The number of nitrogens with zero attached hydrogens (tertiary/aromatic N) is 3. The Morgan fingerprint density at radius 1 is 1.53 bits per heavy atom. The summed E-state index contributed by atoms with van der Waals surface area (Å²) in [5.74, 6) is -0.0852. The Morgan fingerprint density at radius 2 is 2.33 bits per heavy atom. The first-order chi connectivity index (χ1) is 7.29. The molecular formula is C8H14N4O3. The third kappa shape index (κ3) is 3.21. The largest absolute Gasteiger partial charge is 0.409 e. The summed E-state index contributed by atoms with van der Waals surface area (Å²) in [7, 11) is 1.65. The lowest BCUT2D eigenvalue weighted by Crippen LogP contribution is -2.15. The first-order valence-electron chi connectivity index (χ1n) is 4.58. The highest BCUT2D eigenvalue weighted by molar-refractivity contribution is 5.95. The molecule has 7 nitrogen and oxygen atoms in total. The highest BCUT2D eigenvalue weighted by Gasteiger charge is 2.13. The molecule has 0 aliphatic heterocycles. The van der Waals surface area contributed by atoms with Crippen LogP contribution in [-0.2, 0) is 11.2 Å². The molecule has 1 aromatic heterocycles. The van der Waals surface area contributed by atoms with Crippen molar-refractivity contribution in [2.75, 3.05) is 13.7 Å². The lowest BCUT2D eigenvalue weighted by atomic mass is 10.1. The molecule has 0 bridgehead atoms. The van der Waals surface area contributed by atoms with E-state index in [9.17, 15) is 0 Å². The fourth-order valence-corrected chi connectivity index (χ4v) is 1.15. The van der Waals surface area contributed by atoms with Gasteiger partial charge in [0.05, 0.1) is 0 Å². The van der Waals surface area contributed by atoms with Gasteiger partial charge < -0.3 is 15.7 Å². The van der Waals surface area contributed by atoms with Gasteiger partial charge in [-0.3, -0.25) is 0 Å². The monoisotopic (exact) mass is 214 g/mol. The van der Waals surface area contributed by atoms with E-state index in [0.717, 1.165) is 12.8 Å². The molecular weight excluding hydrogens is 200 g/mol. The quantitative estimate of drug-likeness (QED) is 0.229. The van der Waals surface area contributed by atoms with Crippen LogP contribution in [0.2, 0.25) is 0 Å². The summed E-state index contributed by atoms with van der Waals surface area (Å²) in [5.41, 5.74) is 6.28. The first kappa shape index (κ1) is 11.4. The standard InChI is InChI=1S/C8H14N4O3/c1-14-5-3-2-4-6-7(8(9)10-13)12-15-11-6/h13H,2-5H2,1H3,(H2,9,10). The molecule has 1 rings (SSSR count). The summed E-state index contributed by atoms with van der Waals surface area (Å²) >= 11 is 0. The van der Waals surface area contributed by atoms with Crippen molar-refractivity contribution < 1.29 is 14.6 Å². The minimum atomic E-state index is -0.0852. The number of unbranched alkanes of at least 4 members (excludes halogenated alkanes) is 1. The summed E-state index contributed by atoms with van der Waals surface area (Å²) in [5, 5.41) is 18.6. The highest BCUT2D eigenvalue weighted by Crippen LogP contribution is 2.07. The van der Waals surface area contributed by atoms with Gasteiger partial charge in [-0.25, -0.2) is 4.63 Å². The number of rotatable bonds is 6. The van der Waals surface area contributed by atoms with Crippen molar-refractivity contribution >= 4 is 5.84 Å². The van der Waals surface area contributed by atoms with Crippen molar-refractivity contribution in [3.05, 3.63) is 11.4 Å². The van der Waals surface area contributed by atoms with Crippen LogP contribution >= 0.6 is 0 Å². The Labute approximate surface area is 86.9 Å². The van der Waals surface area contributed by atoms with Crippen LogP contribution in [0.5, 0.6) is 0 Å². The zero-order valence-electron chi connectivity index (χ0n) is 8.51. The molecule has 0 aliphatic carbocycles. The average Bonchev–Trinajstić information content (AvgIpc) is 2.71. The van der Waals surface area contributed by atoms with Crippen LogP contribution in [0.4, 0.5) is 0 Å². The Kier molecular flexibility index (Phi) is 4.55. The number of aryl methyl sites for hydroxylation is 1. The predicted molar refractivity (Wildman–Crippen MR) is 51.6 cm³/mol. The Bertz CT molecular complexity index is 323. The van der Waals surface area contributed by atoms with Crippen molar-refractivity contribution in [1.29, 1.82) is 0 Å². The van der Waals surface area contributed by atoms with Crippen molar-refractivity contribution in [2.45, 2.75) is 19.3 Å². The molecule has 0 atom stereocenters. The Balaban J connectivity index is 2.50. The molecule has 7 heteroatoms. The molecule has 1 aromatic rings. The third-order valence-corrected chi connectivity index (χ3v) is 1.92. The van der Waals surface area contributed by atoms with Crippen molar-refractivity contribution in [3.63, 3.8) is 0 Å². The Morgan fingerprint density at radius 3 is 3.00 bits per heavy atom. The van der Waals surface area contributed by atoms with Crippen molar-refractivity contribution in [1.82, 2.24) is 10.3 Å². The van der Waals surface area contributed by atoms with Crippen LogP contribution in [0.3, 0.4) is 0 Å². The third-order valence-electron chi connectivity index (χ3n) is 1.92. The summed E-state index contributed by atoms with van der Waals surface area (Å²) in [6, 6.07) is 0. The average molecular weight is 214 g/mol. The number of ether oxygens (including phenoxy) is 1. The van der Waals surface area contributed by atoms with Crippen molar-refractivity contribution in [3.8, 4) is 0 Å². The fraction of sp³-hybridized carbons (Fsp3) is 0.625. The van der Waals surface area contributed by atoms with E-state index in [-0.39, 0.29) is 5.84 Å². The first-order valence-corrected chi connectivity index (χ1v) is 4.58. The van der Waals surface area contributed by atoms with E-state index >= 15 is 0 Å². The number of amidine groups is 1. The molecule has 0 saturated heterocycles. The second-order valence-electron chi connectivity index (χ2n) is 2.99. The highest BCUT2D eigenvalue weighted by atomic mass is 16.6. The number of aromatic nitrogens is 2. The second-order valence-corrected chi connectivity index (χ2v) is 2.99. The predicted octanol–water partition coefficient (Wildman–Crippen LogP) is 0.133. The van der Waals surface area contributed by atoms with E-state index in [1.165, 1.54) is 0 Å². The topological polar surface area (TPSA) is 107 Å². The normalized spacial score (nSPS) is 11.9. The molecule has 84 valence electrons. The van der Waals surface area contributed by atoms with Crippen LogP contribution in [0.25, 0.3) is 0 Å². The smallest absolute Gasteiger partial charge is 0.194 e. The molecule has 0 unspecified atom stereocenters. The Hall–Kier alpha value is -1.63. The van der Waals surface area contributed by atoms with Gasteiger partial charge in [0.2, 0.25) is 0 Å². The van der Waals surface area contributed by atoms with E-state index in [2.05, 4.69) is 20.1 Å².